The Hall–Kier alpha value is -1.09. The summed E-state index contributed by atoms with van der Waals surface area (Å²) in [6.45, 7) is 2.09. The third kappa shape index (κ3) is 2.04. The third-order valence-electron chi connectivity index (χ3n) is 2.17. The predicted molar refractivity (Wildman–Crippen MR) is 60.3 cm³/mol. The van der Waals surface area contributed by atoms with Gasteiger partial charge in [0.15, 0.2) is 0 Å². The van der Waals surface area contributed by atoms with Crippen molar-refractivity contribution in [2.24, 2.45) is 0 Å². The summed E-state index contributed by atoms with van der Waals surface area (Å²) in [5.41, 5.74) is 3.70. The number of aromatic amines is 1. The van der Waals surface area contributed by atoms with Crippen molar-refractivity contribution in [1.29, 1.82) is 0 Å². The summed E-state index contributed by atoms with van der Waals surface area (Å²) in [4.78, 5) is 7.20. The summed E-state index contributed by atoms with van der Waals surface area (Å²) in [5, 5.41) is 0. The molecule has 0 aliphatic rings. The highest BCUT2D eigenvalue weighted by molar-refractivity contribution is 9.10. The van der Waals surface area contributed by atoms with Crippen LogP contribution in [0, 0.1) is 6.92 Å². The second-order valence-corrected chi connectivity index (χ2v) is 4.09. The molecule has 2 nitrogen and oxygen atoms in total. The fraction of sp³-hybridized carbons (Fsp3) is 0.182. The first kappa shape index (κ1) is 9.46. The first-order valence-electron chi connectivity index (χ1n) is 4.49. The largest absolute Gasteiger partial charge is 0.347 e. The van der Waals surface area contributed by atoms with Crippen LogP contribution in [0.25, 0.3) is 0 Å². The predicted octanol–water partition coefficient (Wildman–Crippen LogP) is 3.07. The van der Waals surface area contributed by atoms with Crippen LogP contribution in [0.3, 0.4) is 0 Å². The number of rotatable bonds is 2. The summed E-state index contributed by atoms with van der Waals surface area (Å²) in [6, 6.07) is 8.53. The molecule has 1 aromatic heterocycles. The Kier molecular flexibility index (Phi) is 2.68. The Morgan fingerprint density at radius 1 is 1.29 bits per heavy atom. The van der Waals surface area contributed by atoms with Gasteiger partial charge in [-0.25, -0.2) is 4.98 Å². The van der Waals surface area contributed by atoms with Crippen molar-refractivity contribution >= 4 is 15.9 Å². The molecule has 1 heterocycles. The van der Waals surface area contributed by atoms with E-state index in [1.807, 2.05) is 0 Å². The molecular weight excluding hydrogens is 240 g/mol. The van der Waals surface area contributed by atoms with Crippen LogP contribution < -0.4 is 0 Å². The molecule has 1 aromatic carbocycles. The quantitative estimate of drug-likeness (QED) is 0.872. The number of hydrogen-bond donors (Lipinski definition) is 1. The number of H-pyrrole nitrogens is 1. The lowest BCUT2D eigenvalue weighted by atomic mass is 10.1. The molecule has 0 amide bonds. The van der Waals surface area contributed by atoms with Gasteiger partial charge in [0.05, 0.1) is 12.0 Å². The molecule has 0 aliphatic carbocycles. The minimum atomic E-state index is 0.890. The molecule has 0 saturated carbocycles. The van der Waals surface area contributed by atoms with E-state index in [1.54, 1.807) is 6.33 Å². The number of nitrogens with one attached hydrogen (secondary N) is 1. The Balaban J connectivity index is 2.19. The molecule has 0 atom stereocenters. The van der Waals surface area contributed by atoms with Gasteiger partial charge in [0.1, 0.15) is 4.60 Å². The zero-order valence-electron chi connectivity index (χ0n) is 7.92. The first-order chi connectivity index (χ1) is 6.75. The second kappa shape index (κ2) is 3.96. The van der Waals surface area contributed by atoms with Gasteiger partial charge in [-0.2, -0.15) is 0 Å². The molecule has 14 heavy (non-hydrogen) atoms. The van der Waals surface area contributed by atoms with Crippen molar-refractivity contribution < 1.29 is 0 Å². The highest BCUT2D eigenvalue weighted by atomic mass is 79.9. The van der Waals surface area contributed by atoms with Gasteiger partial charge in [-0.05, 0) is 28.4 Å². The van der Waals surface area contributed by atoms with E-state index in [2.05, 4.69) is 57.1 Å². The molecule has 0 bridgehead atoms. The topological polar surface area (TPSA) is 28.7 Å². The smallest absolute Gasteiger partial charge is 0.127 e. The lowest BCUT2D eigenvalue weighted by Crippen LogP contribution is -1.89. The van der Waals surface area contributed by atoms with Crippen LogP contribution in [-0.2, 0) is 6.42 Å². The van der Waals surface area contributed by atoms with Gasteiger partial charge < -0.3 is 4.98 Å². The van der Waals surface area contributed by atoms with Gasteiger partial charge in [-0.15, -0.1) is 0 Å². The van der Waals surface area contributed by atoms with Crippen LogP contribution in [0.5, 0.6) is 0 Å². The average Bonchev–Trinajstić information content (AvgIpc) is 2.56. The van der Waals surface area contributed by atoms with Crippen LogP contribution in [0.4, 0.5) is 0 Å². The number of imidazole rings is 1. The lowest BCUT2D eigenvalue weighted by molar-refractivity contribution is 1.09. The van der Waals surface area contributed by atoms with E-state index in [-0.39, 0.29) is 0 Å². The number of nitrogens with zero attached hydrogens (tertiary/aromatic N) is 1. The summed E-state index contributed by atoms with van der Waals surface area (Å²) in [6.07, 6.45) is 2.59. The molecule has 3 heteroatoms. The summed E-state index contributed by atoms with van der Waals surface area (Å²) in [5.74, 6) is 0. The fourth-order valence-electron chi connectivity index (χ4n) is 1.34. The van der Waals surface area contributed by atoms with Gasteiger partial charge in [-0.3, -0.25) is 0 Å². The van der Waals surface area contributed by atoms with Crippen molar-refractivity contribution in [1.82, 2.24) is 9.97 Å². The van der Waals surface area contributed by atoms with E-state index in [9.17, 15) is 0 Å². The molecule has 0 aliphatic heterocycles. The zero-order valence-corrected chi connectivity index (χ0v) is 9.51. The lowest BCUT2D eigenvalue weighted by Gasteiger charge is -2.00. The monoisotopic (exact) mass is 250 g/mol. The van der Waals surface area contributed by atoms with E-state index >= 15 is 0 Å². The van der Waals surface area contributed by atoms with Gasteiger partial charge >= 0.3 is 0 Å². The normalized spacial score (nSPS) is 10.4. The fourth-order valence-corrected chi connectivity index (χ4v) is 1.70. The van der Waals surface area contributed by atoms with Crippen molar-refractivity contribution in [3.8, 4) is 0 Å². The molecule has 2 rings (SSSR count). The van der Waals surface area contributed by atoms with Gasteiger partial charge in [0, 0.05) is 6.42 Å². The Morgan fingerprint density at radius 2 is 2.00 bits per heavy atom. The standard InChI is InChI=1S/C11H11BrN2/c1-8-2-4-9(5-3-8)6-10-11(12)14-7-13-10/h2-5,7H,6H2,1H3,(H,13,14). The molecule has 0 unspecified atom stereocenters. The molecule has 0 radical (unpaired) electrons. The maximum atomic E-state index is 4.09. The van der Waals surface area contributed by atoms with Crippen LogP contribution in [0.15, 0.2) is 35.2 Å². The minimum Gasteiger partial charge on any atom is -0.347 e. The Bertz CT molecular complexity index is 417. The SMILES string of the molecule is Cc1ccc(Cc2[nH]cnc2Br)cc1. The first-order valence-corrected chi connectivity index (χ1v) is 5.28. The van der Waals surface area contributed by atoms with E-state index in [4.69, 9.17) is 0 Å². The van der Waals surface area contributed by atoms with Crippen molar-refractivity contribution in [2.75, 3.05) is 0 Å². The zero-order chi connectivity index (χ0) is 9.97. The number of benzene rings is 1. The molecule has 0 fully saturated rings. The maximum Gasteiger partial charge on any atom is 0.127 e. The average molecular weight is 251 g/mol. The molecule has 1 N–H and O–H groups in total. The van der Waals surface area contributed by atoms with E-state index in [1.165, 1.54) is 11.1 Å². The summed E-state index contributed by atoms with van der Waals surface area (Å²) < 4.78 is 0.901. The Labute approximate surface area is 91.5 Å². The maximum absolute atomic E-state index is 4.09. The van der Waals surface area contributed by atoms with Gasteiger partial charge in [0.2, 0.25) is 0 Å². The number of halogens is 1. The van der Waals surface area contributed by atoms with E-state index < -0.39 is 0 Å². The van der Waals surface area contributed by atoms with Crippen LogP contribution in [0.1, 0.15) is 16.8 Å². The highest BCUT2D eigenvalue weighted by Crippen LogP contribution is 2.15. The second-order valence-electron chi connectivity index (χ2n) is 3.33. The van der Waals surface area contributed by atoms with Crippen LogP contribution in [0.2, 0.25) is 0 Å². The summed E-state index contributed by atoms with van der Waals surface area (Å²) >= 11 is 3.40. The number of aryl methyl sites for hydroxylation is 1. The Morgan fingerprint density at radius 3 is 2.57 bits per heavy atom. The van der Waals surface area contributed by atoms with Crippen LogP contribution in [-0.4, -0.2) is 9.97 Å². The van der Waals surface area contributed by atoms with Crippen LogP contribution >= 0.6 is 15.9 Å². The van der Waals surface area contributed by atoms with Crippen molar-refractivity contribution in [2.45, 2.75) is 13.3 Å². The van der Waals surface area contributed by atoms with Gasteiger partial charge in [0.25, 0.3) is 0 Å². The molecular formula is C11H11BrN2. The molecule has 0 spiro atoms. The van der Waals surface area contributed by atoms with E-state index in [0.29, 0.717) is 0 Å². The number of hydrogen-bond acceptors (Lipinski definition) is 1. The summed E-state index contributed by atoms with van der Waals surface area (Å²) in [7, 11) is 0. The number of aromatic nitrogens is 2. The van der Waals surface area contributed by atoms with Crippen molar-refractivity contribution in [3.05, 3.63) is 52.0 Å². The van der Waals surface area contributed by atoms with Crippen molar-refractivity contribution in [3.63, 3.8) is 0 Å². The molecule has 0 saturated heterocycles. The highest BCUT2D eigenvalue weighted by Gasteiger charge is 2.02. The molecule has 2 aromatic rings. The third-order valence-corrected chi connectivity index (χ3v) is 2.85. The minimum absolute atomic E-state index is 0.890. The van der Waals surface area contributed by atoms with E-state index in [0.717, 1.165) is 16.7 Å². The van der Waals surface area contributed by atoms with Gasteiger partial charge in [-0.1, -0.05) is 29.8 Å². The molecule has 72 valence electrons.